The Hall–Kier alpha value is -1.40. The predicted molar refractivity (Wildman–Crippen MR) is 74.5 cm³/mol. The molecule has 1 aliphatic heterocycles. The molecule has 0 saturated carbocycles. The second kappa shape index (κ2) is 6.16. The lowest BCUT2D eigenvalue weighted by atomic mass is 9.93. The molecule has 1 fully saturated rings. The normalized spacial score (nSPS) is 16.6. The molecule has 0 aliphatic carbocycles. The smallest absolute Gasteiger partial charge is 0.313 e. The van der Waals surface area contributed by atoms with Crippen LogP contribution in [0.1, 0.15) is 19.3 Å². The highest BCUT2D eigenvalue weighted by molar-refractivity contribution is 6.30. The van der Waals surface area contributed by atoms with Gasteiger partial charge in [-0.1, -0.05) is 11.6 Å². The summed E-state index contributed by atoms with van der Waals surface area (Å²) >= 11 is 5.76. The lowest BCUT2D eigenvalue weighted by molar-refractivity contribution is -0.384. The van der Waals surface area contributed by atoms with Crippen LogP contribution in [0.5, 0.6) is 0 Å². The summed E-state index contributed by atoms with van der Waals surface area (Å²) in [4.78, 5) is 16.7. The van der Waals surface area contributed by atoms with Gasteiger partial charge in [0.1, 0.15) is 0 Å². The molecular formula is C12H17ClN4O2. The first-order valence-electron chi connectivity index (χ1n) is 6.36. The highest BCUT2D eigenvalue weighted by Crippen LogP contribution is 2.31. The van der Waals surface area contributed by atoms with Crippen LogP contribution in [0, 0.1) is 16.0 Å². The van der Waals surface area contributed by atoms with Gasteiger partial charge in [-0.15, -0.1) is 0 Å². The Morgan fingerprint density at radius 2 is 2.21 bits per heavy atom. The molecule has 0 atom stereocenters. The number of pyridine rings is 1. The number of nitro groups is 1. The molecule has 6 nitrogen and oxygen atoms in total. The Labute approximate surface area is 116 Å². The number of anilines is 1. The Morgan fingerprint density at radius 3 is 2.79 bits per heavy atom. The Kier molecular flexibility index (Phi) is 4.55. The van der Waals surface area contributed by atoms with Crippen LogP contribution in [0.3, 0.4) is 0 Å². The zero-order valence-electron chi connectivity index (χ0n) is 10.6. The summed E-state index contributed by atoms with van der Waals surface area (Å²) in [5.41, 5.74) is 5.53. The van der Waals surface area contributed by atoms with Crippen molar-refractivity contribution >= 4 is 23.1 Å². The number of aromatic nitrogens is 1. The van der Waals surface area contributed by atoms with Crippen LogP contribution in [0.4, 0.5) is 11.5 Å². The van der Waals surface area contributed by atoms with Crippen molar-refractivity contribution in [3.05, 3.63) is 27.4 Å². The standard InChI is InChI=1S/C12H17ClN4O2/c13-10-7-11(17(18)19)12(15-8-10)16-5-2-9(1-4-14)3-6-16/h7-9H,1-6,14H2. The predicted octanol–water partition coefficient (Wildman–Crippen LogP) is 2.21. The van der Waals surface area contributed by atoms with Crippen LogP contribution >= 0.6 is 11.6 Å². The van der Waals surface area contributed by atoms with E-state index < -0.39 is 4.92 Å². The molecule has 1 aromatic heterocycles. The molecule has 2 rings (SSSR count). The SMILES string of the molecule is NCCC1CCN(c2ncc(Cl)cc2[N+](=O)[O-])CC1. The van der Waals surface area contributed by atoms with Gasteiger partial charge in [-0.2, -0.15) is 0 Å². The summed E-state index contributed by atoms with van der Waals surface area (Å²) in [5.74, 6) is 1.04. The molecule has 0 radical (unpaired) electrons. The van der Waals surface area contributed by atoms with Crippen LogP contribution in [-0.2, 0) is 0 Å². The van der Waals surface area contributed by atoms with E-state index >= 15 is 0 Å². The number of nitrogens with zero attached hydrogens (tertiary/aromatic N) is 3. The summed E-state index contributed by atoms with van der Waals surface area (Å²) in [5, 5.41) is 11.3. The molecule has 0 amide bonds. The third kappa shape index (κ3) is 3.33. The first-order chi connectivity index (χ1) is 9.11. The summed E-state index contributed by atoms with van der Waals surface area (Å²) < 4.78 is 0. The molecule has 0 aromatic carbocycles. The molecular weight excluding hydrogens is 268 g/mol. The Bertz CT molecular complexity index is 461. The molecule has 2 N–H and O–H groups in total. The summed E-state index contributed by atoms with van der Waals surface area (Å²) in [6.07, 6.45) is 4.47. The fourth-order valence-corrected chi connectivity index (χ4v) is 2.62. The molecule has 0 bridgehead atoms. The van der Waals surface area contributed by atoms with Gasteiger partial charge in [-0.25, -0.2) is 4.98 Å². The molecule has 2 heterocycles. The molecule has 0 unspecified atom stereocenters. The number of hydrogen-bond donors (Lipinski definition) is 1. The second-order valence-corrected chi connectivity index (χ2v) is 5.20. The highest BCUT2D eigenvalue weighted by Gasteiger charge is 2.26. The van der Waals surface area contributed by atoms with Gasteiger partial charge in [-0.3, -0.25) is 10.1 Å². The zero-order valence-corrected chi connectivity index (χ0v) is 11.3. The minimum Gasteiger partial charge on any atom is -0.351 e. The topological polar surface area (TPSA) is 85.3 Å². The van der Waals surface area contributed by atoms with Gasteiger partial charge < -0.3 is 10.6 Å². The van der Waals surface area contributed by atoms with Crippen molar-refractivity contribution in [1.82, 2.24) is 4.98 Å². The first-order valence-corrected chi connectivity index (χ1v) is 6.74. The first kappa shape index (κ1) is 14.0. The van der Waals surface area contributed by atoms with Crippen LogP contribution in [0.2, 0.25) is 5.02 Å². The molecule has 19 heavy (non-hydrogen) atoms. The molecule has 1 aliphatic rings. The van der Waals surface area contributed by atoms with Gasteiger partial charge >= 0.3 is 5.69 Å². The number of hydrogen-bond acceptors (Lipinski definition) is 5. The second-order valence-electron chi connectivity index (χ2n) is 4.76. The van der Waals surface area contributed by atoms with Crippen molar-refractivity contribution in [3.8, 4) is 0 Å². The number of nitrogens with two attached hydrogens (primary N) is 1. The van der Waals surface area contributed by atoms with Gasteiger partial charge in [0.25, 0.3) is 0 Å². The van der Waals surface area contributed by atoms with E-state index in [1.54, 1.807) is 0 Å². The number of piperidine rings is 1. The maximum Gasteiger partial charge on any atom is 0.313 e. The molecule has 1 saturated heterocycles. The highest BCUT2D eigenvalue weighted by atomic mass is 35.5. The maximum absolute atomic E-state index is 11.0. The van der Waals surface area contributed by atoms with E-state index in [1.807, 2.05) is 4.90 Å². The van der Waals surface area contributed by atoms with Gasteiger partial charge in [0, 0.05) is 25.4 Å². The summed E-state index contributed by atoms with van der Waals surface area (Å²) in [6, 6.07) is 1.36. The van der Waals surface area contributed by atoms with Crippen molar-refractivity contribution in [2.24, 2.45) is 11.7 Å². The maximum atomic E-state index is 11.0. The third-order valence-electron chi connectivity index (χ3n) is 3.50. The van der Waals surface area contributed by atoms with Crippen molar-refractivity contribution in [2.45, 2.75) is 19.3 Å². The Balaban J connectivity index is 2.13. The van der Waals surface area contributed by atoms with Crippen LogP contribution in [-0.4, -0.2) is 29.5 Å². The quantitative estimate of drug-likeness (QED) is 0.677. The van der Waals surface area contributed by atoms with E-state index in [-0.39, 0.29) is 10.7 Å². The third-order valence-corrected chi connectivity index (χ3v) is 3.71. The summed E-state index contributed by atoms with van der Waals surface area (Å²) in [7, 11) is 0. The van der Waals surface area contributed by atoms with E-state index in [2.05, 4.69) is 4.98 Å². The van der Waals surface area contributed by atoms with Gasteiger partial charge in [-0.05, 0) is 31.7 Å². The van der Waals surface area contributed by atoms with E-state index in [0.717, 1.165) is 32.4 Å². The lowest BCUT2D eigenvalue weighted by Crippen LogP contribution is -2.35. The minimum atomic E-state index is -0.430. The molecule has 1 aromatic rings. The van der Waals surface area contributed by atoms with Gasteiger partial charge in [0.05, 0.1) is 9.95 Å². The largest absolute Gasteiger partial charge is 0.351 e. The zero-order chi connectivity index (χ0) is 13.8. The fourth-order valence-electron chi connectivity index (χ4n) is 2.47. The van der Waals surface area contributed by atoms with E-state index in [9.17, 15) is 10.1 Å². The monoisotopic (exact) mass is 284 g/mol. The van der Waals surface area contributed by atoms with Gasteiger partial charge in [0.15, 0.2) is 0 Å². The van der Waals surface area contributed by atoms with Crippen molar-refractivity contribution in [1.29, 1.82) is 0 Å². The van der Waals surface area contributed by atoms with Crippen LogP contribution in [0.15, 0.2) is 12.3 Å². The van der Waals surface area contributed by atoms with Crippen molar-refractivity contribution < 1.29 is 4.92 Å². The lowest BCUT2D eigenvalue weighted by Gasteiger charge is -2.32. The van der Waals surface area contributed by atoms with Crippen LogP contribution in [0.25, 0.3) is 0 Å². The average molecular weight is 285 g/mol. The number of rotatable bonds is 4. The van der Waals surface area contributed by atoms with E-state index in [1.165, 1.54) is 12.3 Å². The van der Waals surface area contributed by atoms with E-state index in [0.29, 0.717) is 18.3 Å². The fraction of sp³-hybridized carbons (Fsp3) is 0.583. The molecule has 0 spiro atoms. The molecule has 104 valence electrons. The van der Waals surface area contributed by atoms with Crippen LogP contribution < -0.4 is 10.6 Å². The minimum absolute atomic E-state index is 0.0234. The molecule has 7 heteroatoms. The van der Waals surface area contributed by atoms with Crippen molar-refractivity contribution in [2.75, 3.05) is 24.5 Å². The summed E-state index contributed by atoms with van der Waals surface area (Å²) in [6.45, 7) is 2.25. The van der Waals surface area contributed by atoms with Crippen molar-refractivity contribution in [3.63, 3.8) is 0 Å². The number of halogens is 1. The van der Waals surface area contributed by atoms with E-state index in [4.69, 9.17) is 17.3 Å². The Morgan fingerprint density at radius 1 is 1.53 bits per heavy atom. The average Bonchev–Trinajstić information content (AvgIpc) is 2.40. The van der Waals surface area contributed by atoms with Gasteiger partial charge in [0.2, 0.25) is 5.82 Å².